The van der Waals surface area contributed by atoms with E-state index < -0.39 is 0 Å². The van der Waals surface area contributed by atoms with Crippen LogP contribution in [0.3, 0.4) is 0 Å². The van der Waals surface area contributed by atoms with Gasteiger partial charge < -0.3 is 4.74 Å². The SMILES string of the molecule is C=CCn1c(SCC(=O)c2ccc(I)cc2)nnc1-c1ccccc1OC. The van der Waals surface area contributed by atoms with E-state index in [1.807, 2.05) is 53.1 Å². The number of para-hydroxylation sites is 1. The van der Waals surface area contributed by atoms with Crippen LogP contribution in [0.1, 0.15) is 10.4 Å². The van der Waals surface area contributed by atoms with Gasteiger partial charge in [0.05, 0.1) is 18.4 Å². The highest BCUT2D eigenvalue weighted by molar-refractivity contribution is 14.1. The van der Waals surface area contributed by atoms with Crippen molar-refractivity contribution in [3.63, 3.8) is 0 Å². The molecule has 0 spiro atoms. The fourth-order valence-corrected chi connectivity index (χ4v) is 3.77. The quantitative estimate of drug-likeness (QED) is 0.198. The van der Waals surface area contributed by atoms with E-state index in [-0.39, 0.29) is 5.78 Å². The minimum absolute atomic E-state index is 0.0587. The summed E-state index contributed by atoms with van der Waals surface area (Å²) in [5, 5.41) is 9.29. The molecule has 0 aliphatic rings. The van der Waals surface area contributed by atoms with Gasteiger partial charge in [-0.25, -0.2) is 0 Å². The molecule has 0 N–H and O–H groups in total. The molecule has 2 aromatic carbocycles. The van der Waals surface area contributed by atoms with Crippen LogP contribution in [0.4, 0.5) is 0 Å². The zero-order valence-corrected chi connectivity index (χ0v) is 17.7. The second-order valence-corrected chi connectivity index (χ2v) is 7.81. The number of allylic oxidation sites excluding steroid dienone is 1. The highest BCUT2D eigenvalue weighted by Crippen LogP contribution is 2.31. The molecule has 0 fully saturated rings. The summed E-state index contributed by atoms with van der Waals surface area (Å²) >= 11 is 3.59. The summed E-state index contributed by atoms with van der Waals surface area (Å²) in [4.78, 5) is 12.5. The van der Waals surface area contributed by atoms with Gasteiger partial charge in [-0.15, -0.1) is 16.8 Å². The Bertz CT molecular complexity index is 954. The molecule has 5 nitrogen and oxygen atoms in total. The van der Waals surface area contributed by atoms with E-state index in [0.717, 1.165) is 14.9 Å². The molecule has 0 unspecified atom stereocenters. The number of thioether (sulfide) groups is 1. The third-order valence-corrected chi connectivity index (χ3v) is 5.56. The Balaban J connectivity index is 1.84. The van der Waals surface area contributed by atoms with E-state index >= 15 is 0 Å². The lowest BCUT2D eigenvalue weighted by molar-refractivity contribution is 0.102. The van der Waals surface area contributed by atoms with E-state index in [2.05, 4.69) is 39.4 Å². The molecular weight excluding hydrogens is 473 g/mol. The first-order valence-corrected chi connectivity index (χ1v) is 10.3. The molecule has 0 saturated carbocycles. The van der Waals surface area contributed by atoms with Gasteiger partial charge in [0.1, 0.15) is 5.75 Å². The second kappa shape index (κ2) is 9.18. The number of methoxy groups -OCH3 is 1. The maximum atomic E-state index is 12.5. The first-order chi connectivity index (χ1) is 13.1. The number of hydrogen-bond donors (Lipinski definition) is 0. The van der Waals surface area contributed by atoms with Gasteiger partial charge in [0.15, 0.2) is 16.8 Å². The largest absolute Gasteiger partial charge is 0.496 e. The molecule has 0 amide bonds. The Hall–Kier alpha value is -2.13. The van der Waals surface area contributed by atoms with Gasteiger partial charge in [-0.1, -0.05) is 42.1 Å². The summed E-state index contributed by atoms with van der Waals surface area (Å²) in [5.41, 5.74) is 1.55. The molecule has 138 valence electrons. The van der Waals surface area contributed by atoms with Crippen molar-refractivity contribution < 1.29 is 9.53 Å². The zero-order chi connectivity index (χ0) is 19.2. The lowest BCUT2D eigenvalue weighted by Gasteiger charge is -2.10. The van der Waals surface area contributed by atoms with Crippen LogP contribution in [-0.2, 0) is 6.54 Å². The topological polar surface area (TPSA) is 57.0 Å². The molecule has 0 aliphatic carbocycles. The molecule has 0 radical (unpaired) electrons. The number of Topliss-reactive ketones (excluding diaryl/α,β-unsaturated/α-hetero) is 1. The fraction of sp³-hybridized carbons (Fsp3) is 0.150. The smallest absolute Gasteiger partial charge is 0.192 e. The van der Waals surface area contributed by atoms with Crippen LogP contribution in [0, 0.1) is 3.57 Å². The summed E-state index contributed by atoms with van der Waals surface area (Å²) < 4.78 is 8.48. The molecule has 27 heavy (non-hydrogen) atoms. The average molecular weight is 491 g/mol. The molecule has 0 bridgehead atoms. The number of carbonyl (C=O) groups is 1. The highest BCUT2D eigenvalue weighted by atomic mass is 127. The molecule has 7 heteroatoms. The molecule has 3 rings (SSSR count). The number of hydrogen-bond acceptors (Lipinski definition) is 5. The monoisotopic (exact) mass is 491 g/mol. The Morgan fingerprint density at radius 1 is 1.22 bits per heavy atom. The Morgan fingerprint density at radius 3 is 2.67 bits per heavy atom. The summed E-state index contributed by atoms with van der Waals surface area (Å²) in [6.45, 7) is 4.36. The normalized spacial score (nSPS) is 10.6. The highest BCUT2D eigenvalue weighted by Gasteiger charge is 2.18. The molecule has 1 heterocycles. The Kier molecular flexibility index (Phi) is 6.68. The first-order valence-electron chi connectivity index (χ1n) is 8.23. The van der Waals surface area contributed by atoms with Gasteiger partial charge in [0.25, 0.3) is 0 Å². The third-order valence-electron chi connectivity index (χ3n) is 3.87. The maximum absolute atomic E-state index is 12.5. The number of ketones is 1. The van der Waals surface area contributed by atoms with Gasteiger partial charge in [-0.05, 0) is 46.9 Å². The van der Waals surface area contributed by atoms with Crippen molar-refractivity contribution in [2.45, 2.75) is 11.7 Å². The summed E-state index contributed by atoms with van der Waals surface area (Å²) in [7, 11) is 1.63. The van der Waals surface area contributed by atoms with E-state index in [1.165, 1.54) is 11.8 Å². The predicted octanol–water partition coefficient (Wildman–Crippen LogP) is 4.72. The Labute approximate surface area is 176 Å². The summed E-state index contributed by atoms with van der Waals surface area (Å²) in [5.74, 6) is 1.77. The van der Waals surface area contributed by atoms with Crippen LogP contribution in [0.2, 0.25) is 0 Å². The standard InChI is InChI=1S/C20H18IN3O2S/c1-3-12-24-19(16-6-4-5-7-18(16)26-2)22-23-20(24)27-13-17(25)14-8-10-15(21)11-9-14/h3-11H,1,12-13H2,2H3. The molecule has 0 saturated heterocycles. The van der Waals surface area contributed by atoms with Crippen molar-refractivity contribution >= 4 is 40.1 Å². The van der Waals surface area contributed by atoms with E-state index in [0.29, 0.717) is 28.8 Å². The number of ether oxygens (including phenoxy) is 1. The van der Waals surface area contributed by atoms with Gasteiger partial charge >= 0.3 is 0 Å². The van der Waals surface area contributed by atoms with Crippen LogP contribution in [-0.4, -0.2) is 33.4 Å². The first kappa shape index (κ1) is 19.6. The van der Waals surface area contributed by atoms with Crippen molar-refractivity contribution in [1.82, 2.24) is 14.8 Å². The molecule has 0 atom stereocenters. The predicted molar refractivity (Wildman–Crippen MR) is 116 cm³/mol. The molecular formula is C20H18IN3O2S. The second-order valence-electron chi connectivity index (χ2n) is 5.62. The molecule has 1 aromatic heterocycles. The van der Waals surface area contributed by atoms with Crippen LogP contribution >= 0.6 is 34.4 Å². The lowest BCUT2D eigenvalue weighted by atomic mass is 10.2. The van der Waals surface area contributed by atoms with Crippen LogP contribution < -0.4 is 4.74 Å². The number of aromatic nitrogens is 3. The van der Waals surface area contributed by atoms with Crippen molar-refractivity contribution in [2.75, 3.05) is 12.9 Å². The van der Waals surface area contributed by atoms with Gasteiger partial charge in [0.2, 0.25) is 0 Å². The average Bonchev–Trinajstić information content (AvgIpc) is 3.09. The van der Waals surface area contributed by atoms with Crippen LogP contribution in [0.25, 0.3) is 11.4 Å². The van der Waals surface area contributed by atoms with Crippen molar-refractivity contribution in [2.24, 2.45) is 0 Å². The summed E-state index contributed by atoms with van der Waals surface area (Å²) in [6, 6.07) is 15.2. The van der Waals surface area contributed by atoms with Crippen LogP contribution in [0.5, 0.6) is 5.75 Å². The Morgan fingerprint density at radius 2 is 1.96 bits per heavy atom. The number of rotatable bonds is 8. The third kappa shape index (κ3) is 4.59. The number of carbonyl (C=O) groups excluding carboxylic acids is 1. The number of nitrogens with zero attached hydrogens (tertiary/aromatic N) is 3. The van der Waals surface area contributed by atoms with E-state index in [1.54, 1.807) is 13.2 Å². The van der Waals surface area contributed by atoms with Crippen molar-refractivity contribution in [3.8, 4) is 17.1 Å². The van der Waals surface area contributed by atoms with E-state index in [9.17, 15) is 4.79 Å². The van der Waals surface area contributed by atoms with Gasteiger partial charge in [-0.2, -0.15) is 0 Å². The summed E-state index contributed by atoms with van der Waals surface area (Å²) in [6.07, 6.45) is 1.79. The van der Waals surface area contributed by atoms with Crippen molar-refractivity contribution in [1.29, 1.82) is 0 Å². The zero-order valence-electron chi connectivity index (χ0n) is 14.8. The van der Waals surface area contributed by atoms with Crippen molar-refractivity contribution in [3.05, 3.63) is 70.3 Å². The van der Waals surface area contributed by atoms with Crippen LogP contribution in [0.15, 0.2) is 66.3 Å². The number of halogens is 1. The fourth-order valence-electron chi connectivity index (χ4n) is 2.57. The minimum atomic E-state index is 0.0587. The van der Waals surface area contributed by atoms with E-state index in [4.69, 9.17) is 4.74 Å². The van der Waals surface area contributed by atoms with Gasteiger partial charge in [0, 0.05) is 15.7 Å². The maximum Gasteiger partial charge on any atom is 0.192 e. The van der Waals surface area contributed by atoms with Gasteiger partial charge in [-0.3, -0.25) is 9.36 Å². The molecule has 0 aliphatic heterocycles. The minimum Gasteiger partial charge on any atom is -0.496 e. The molecule has 3 aromatic rings. The lowest BCUT2D eigenvalue weighted by Crippen LogP contribution is -2.05. The number of benzene rings is 2.